The molecule has 1 aliphatic rings. The first-order valence-corrected chi connectivity index (χ1v) is 7.25. The van der Waals surface area contributed by atoms with Gasteiger partial charge in [-0.05, 0) is 32.7 Å². The third kappa shape index (κ3) is 2.89. The molecule has 0 saturated heterocycles. The van der Waals surface area contributed by atoms with Crippen LogP contribution in [-0.2, 0) is 13.6 Å². The average Bonchev–Trinajstić information content (AvgIpc) is 2.56. The lowest BCUT2D eigenvalue weighted by atomic mass is 9.86. The fourth-order valence-corrected chi connectivity index (χ4v) is 3.27. The second-order valence-electron chi connectivity index (χ2n) is 5.82. The third-order valence-corrected chi connectivity index (χ3v) is 4.68. The van der Waals surface area contributed by atoms with E-state index < -0.39 is 0 Å². The van der Waals surface area contributed by atoms with Gasteiger partial charge in [0.1, 0.15) is 5.15 Å². The molecule has 0 spiro atoms. The van der Waals surface area contributed by atoms with Crippen LogP contribution in [0.1, 0.15) is 43.9 Å². The van der Waals surface area contributed by atoms with Crippen molar-refractivity contribution in [3.8, 4) is 0 Å². The number of aryl methyl sites for hydroxylation is 2. The molecule has 3 nitrogen and oxygen atoms in total. The van der Waals surface area contributed by atoms with E-state index in [1.165, 1.54) is 31.2 Å². The van der Waals surface area contributed by atoms with E-state index in [4.69, 9.17) is 11.6 Å². The maximum absolute atomic E-state index is 6.30. The van der Waals surface area contributed by atoms with E-state index in [2.05, 4.69) is 24.0 Å². The molecule has 1 fully saturated rings. The average molecular weight is 270 g/mol. The fourth-order valence-electron chi connectivity index (χ4n) is 3.03. The molecular formula is C14H24ClN3. The minimum absolute atomic E-state index is 0.699. The molecule has 0 aliphatic heterocycles. The number of hydrogen-bond donors (Lipinski definition) is 0. The summed E-state index contributed by atoms with van der Waals surface area (Å²) in [7, 11) is 4.12. The van der Waals surface area contributed by atoms with Crippen molar-refractivity contribution in [2.45, 2.75) is 52.1 Å². The van der Waals surface area contributed by atoms with Crippen LogP contribution in [0.15, 0.2) is 0 Å². The molecular weight excluding hydrogens is 246 g/mol. The summed E-state index contributed by atoms with van der Waals surface area (Å²) in [5.41, 5.74) is 2.23. The highest BCUT2D eigenvalue weighted by Gasteiger charge is 2.24. The first-order chi connectivity index (χ1) is 8.49. The van der Waals surface area contributed by atoms with Crippen LogP contribution in [0.25, 0.3) is 0 Å². The Hall–Kier alpha value is -0.540. The van der Waals surface area contributed by atoms with E-state index >= 15 is 0 Å². The van der Waals surface area contributed by atoms with Gasteiger partial charge in [0.15, 0.2) is 0 Å². The molecule has 2 unspecified atom stereocenters. The quantitative estimate of drug-likeness (QED) is 0.839. The molecule has 2 atom stereocenters. The Labute approximate surface area is 115 Å². The van der Waals surface area contributed by atoms with Crippen molar-refractivity contribution in [1.82, 2.24) is 14.7 Å². The van der Waals surface area contributed by atoms with Crippen molar-refractivity contribution in [3.05, 3.63) is 16.4 Å². The smallest absolute Gasteiger partial charge is 0.131 e. The second-order valence-corrected chi connectivity index (χ2v) is 6.18. The van der Waals surface area contributed by atoms with Crippen LogP contribution in [0, 0.1) is 12.8 Å². The van der Waals surface area contributed by atoms with Crippen LogP contribution in [0.3, 0.4) is 0 Å². The van der Waals surface area contributed by atoms with Crippen molar-refractivity contribution in [1.29, 1.82) is 0 Å². The molecule has 0 aromatic carbocycles. The number of aromatic nitrogens is 2. The molecule has 2 rings (SSSR count). The van der Waals surface area contributed by atoms with Gasteiger partial charge in [0, 0.05) is 25.2 Å². The van der Waals surface area contributed by atoms with Gasteiger partial charge in [-0.2, -0.15) is 5.10 Å². The fraction of sp³-hybridized carbons (Fsp3) is 0.786. The second kappa shape index (κ2) is 5.62. The summed E-state index contributed by atoms with van der Waals surface area (Å²) in [5.74, 6) is 0.858. The summed E-state index contributed by atoms with van der Waals surface area (Å²) in [6, 6.07) is 0.699. The number of halogens is 1. The van der Waals surface area contributed by atoms with Crippen molar-refractivity contribution < 1.29 is 0 Å². The Morgan fingerprint density at radius 1 is 1.44 bits per heavy atom. The highest BCUT2D eigenvalue weighted by Crippen LogP contribution is 2.29. The van der Waals surface area contributed by atoms with Gasteiger partial charge in [-0.1, -0.05) is 31.4 Å². The van der Waals surface area contributed by atoms with E-state index in [0.717, 1.165) is 23.3 Å². The van der Waals surface area contributed by atoms with Gasteiger partial charge >= 0.3 is 0 Å². The highest BCUT2D eigenvalue weighted by molar-refractivity contribution is 6.30. The summed E-state index contributed by atoms with van der Waals surface area (Å²) in [5, 5.41) is 5.16. The SMILES string of the molecule is Cc1nn(C)c(Cl)c1CN(C)C1CCCC(C)C1. The zero-order valence-corrected chi connectivity index (χ0v) is 12.7. The standard InChI is InChI=1S/C14H24ClN3/c1-10-6-5-7-12(8-10)17(3)9-13-11(2)16-18(4)14(13)15/h10,12H,5-9H2,1-4H3. The number of hydrogen-bond acceptors (Lipinski definition) is 2. The summed E-state index contributed by atoms with van der Waals surface area (Å²) >= 11 is 6.30. The Kier molecular flexibility index (Phi) is 4.33. The van der Waals surface area contributed by atoms with E-state index in [1.54, 1.807) is 4.68 Å². The Balaban J connectivity index is 2.04. The zero-order chi connectivity index (χ0) is 13.3. The minimum atomic E-state index is 0.699. The number of nitrogens with zero attached hydrogens (tertiary/aromatic N) is 3. The van der Waals surface area contributed by atoms with Gasteiger partial charge in [-0.25, -0.2) is 0 Å². The molecule has 102 valence electrons. The van der Waals surface area contributed by atoms with E-state index in [-0.39, 0.29) is 0 Å². The normalized spacial score (nSPS) is 24.8. The van der Waals surface area contributed by atoms with Crippen molar-refractivity contribution in [2.24, 2.45) is 13.0 Å². The summed E-state index contributed by atoms with van der Waals surface area (Å²) in [6.07, 6.45) is 5.37. The van der Waals surface area contributed by atoms with Gasteiger partial charge in [-0.15, -0.1) is 0 Å². The third-order valence-electron chi connectivity index (χ3n) is 4.21. The molecule has 0 N–H and O–H groups in total. The Morgan fingerprint density at radius 2 is 2.17 bits per heavy atom. The predicted octanol–water partition coefficient (Wildman–Crippen LogP) is 3.39. The van der Waals surface area contributed by atoms with Crippen LogP contribution < -0.4 is 0 Å². The van der Waals surface area contributed by atoms with Crippen molar-refractivity contribution >= 4 is 11.6 Å². The monoisotopic (exact) mass is 269 g/mol. The molecule has 1 aromatic rings. The molecule has 4 heteroatoms. The molecule has 1 saturated carbocycles. The number of rotatable bonds is 3. The largest absolute Gasteiger partial charge is 0.299 e. The van der Waals surface area contributed by atoms with Crippen molar-refractivity contribution in [2.75, 3.05) is 7.05 Å². The van der Waals surface area contributed by atoms with Gasteiger partial charge in [0.05, 0.1) is 5.69 Å². The Morgan fingerprint density at radius 3 is 2.72 bits per heavy atom. The molecule has 0 bridgehead atoms. The molecule has 18 heavy (non-hydrogen) atoms. The Bertz CT molecular complexity index is 413. The van der Waals surface area contributed by atoms with Gasteiger partial charge < -0.3 is 0 Å². The van der Waals surface area contributed by atoms with Crippen LogP contribution >= 0.6 is 11.6 Å². The lowest BCUT2D eigenvalue weighted by Crippen LogP contribution is -2.35. The van der Waals surface area contributed by atoms with E-state index in [1.807, 2.05) is 14.0 Å². The first kappa shape index (κ1) is 13.9. The molecule has 1 aliphatic carbocycles. The van der Waals surface area contributed by atoms with Crippen LogP contribution in [0.4, 0.5) is 0 Å². The predicted molar refractivity (Wildman–Crippen MR) is 75.8 cm³/mol. The van der Waals surface area contributed by atoms with Gasteiger partial charge in [-0.3, -0.25) is 9.58 Å². The maximum Gasteiger partial charge on any atom is 0.131 e. The highest BCUT2D eigenvalue weighted by atomic mass is 35.5. The van der Waals surface area contributed by atoms with Gasteiger partial charge in [0.2, 0.25) is 0 Å². The van der Waals surface area contributed by atoms with Crippen molar-refractivity contribution in [3.63, 3.8) is 0 Å². The van der Waals surface area contributed by atoms with Crippen LogP contribution in [-0.4, -0.2) is 27.8 Å². The molecule has 0 radical (unpaired) electrons. The lowest BCUT2D eigenvalue weighted by Gasteiger charge is -2.34. The van der Waals surface area contributed by atoms with E-state index in [0.29, 0.717) is 6.04 Å². The zero-order valence-electron chi connectivity index (χ0n) is 11.9. The summed E-state index contributed by atoms with van der Waals surface area (Å²) in [4.78, 5) is 2.45. The first-order valence-electron chi connectivity index (χ1n) is 6.87. The van der Waals surface area contributed by atoms with Crippen LogP contribution in [0.2, 0.25) is 5.15 Å². The summed E-state index contributed by atoms with van der Waals surface area (Å²) in [6.45, 7) is 5.32. The topological polar surface area (TPSA) is 21.1 Å². The lowest BCUT2D eigenvalue weighted by molar-refractivity contribution is 0.157. The summed E-state index contributed by atoms with van der Waals surface area (Å²) < 4.78 is 1.77. The van der Waals surface area contributed by atoms with Crippen LogP contribution in [0.5, 0.6) is 0 Å². The maximum atomic E-state index is 6.30. The molecule has 0 amide bonds. The van der Waals surface area contributed by atoms with E-state index in [9.17, 15) is 0 Å². The minimum Gasteiger partial charge on any atom is -0.299 e. The molecule has 1 aromatic heterocycles. The van der Waals surface area contributed by atoms with Gasteiger partial charge in [0.25, 0.3) is 0 Å². The molecule has 1 heterocycles.